The lowest BCUT2D eigenvalue weighted by atomic mass is 9.86. The molecule has 5 heteroatoms. The average molecular weight is 345 g/mol. The number of aromatic hydroxyl groups is 1. The third-order valence-electron chi connectivity index (χ3n) is 5.05. The van der Waals surface area contributed by atoms with E-state index in [0.717, 1.165) is 48.5 Å². The van der Waals surface area contributed by atoms with Crippen molar-refractivity contribution in [2.45, 2.75) is 18.8 Å². The van der Waals surface area contributed by atoms with Crippen LogP contribution in [0, 0.1) is 0 Å². The second kappa shape index (κ2) is 5.87. The second-order valence-electron chi connectivity index (χ2n) is 6.76. The Morgan fingerprint density at radius 2 is 2.00 bits per heavy atom. The predicted molar refractivity (Wildman–Crippen MR) is 96.2 cm³/mol. The topological polar surface area (TPSA) is 58.7 Å². The molecule has 3 N–H and O–H groups in total. The first kappa shape index (κ1) is 15.6. The summed E-state index contributed by atoms with van der Waals surface area (Å²) in [6.45, 7) is 2.51. The molecule has 0 saturated carbocycles. The number of anilines is 1. The Balaban J connectivity index is 1.91. The van der Waals surface area contributed by atoms with E-state index in [2.05, 4.69) is 11.9 Å². The van der Waals surface area contributed by atoms with Gasteiger partial charge in [-0.1, -0.05) is 11.6 Å². The number of hydrogen-bond donors (Lipinski definition) is 2. The number of phenolic OH excluding ortho intramolecular Hbond substituents is 1. The van der Waals surface area contributed by atoms with Gasteiger partial charge in [0.1, 0.15) is 11.5 Å². The van der Waals surface area contributed by atoms with E-state index in [1.165, 1.54) is 11.1 Å². The summed E-state index contributed by atoms with van der Waals surface area (Å²) in [5.74, 6) is 1.20. The Labute approximate surface area is 146 Å². The summed E-state index contributed by atoms with van der Waals surface area (Å²) in [7, 11) is 2.12. The van der Waals surface area contributed by atoms with Crippen LogP contribution < -0.4 is 10.5 Å². The SMILES string of the molecule is CN1CCc2cc(Cl)c(O)cc2C(c2cc(N)cc3c2OCC3)C1. The largest absolute Gasteiger partial charge is 0.506 e. The molecule has 0 amide bonds. The number of nitrogens with zero attached hydrogens (tertiary/aromatic N) is 1. The van der Waals surface area contributed by atoms with Crippen molar-refractivity contribution in [1.29, 1.82) is 0 Å². The molecule has 1 unspecified atom stereocenters. The van der Waals surface area contributed by atoms with Crippen LogP contribution in [0.4, 0.5) is 5.69 Å². The molecule has 4 nitrogen and oxygen atoms in total. The second-order valence-corrected chi connectivity index (χ2v) is 7.17. The molecule has 0 fully saturated rings. The van der Waals surface area contributed by atoms with Crippen molar-refractivity contribution in [1.82, 2.24) is 4.90 Å². The number of ether oxygens (including phenoxy) is 1. The fourth-order valence-electron chi connectivity index (χ4n) is 3.86. The maximum atomic E-state index is 10.1. The maximum Gasteiger partial charge on any atom is 0.134 e. The Hall–Kier alpha value is -1.91. The molecule has 24 heavy (non-hydrogen) atoms. The van der Waals surface area contributed by atoms with Gasteiger partial charge in [0.05, 0.1) is 11.6 Å². The van der Waals surface area contributed by atoms with E-state index in [-0.39, 0.29) is 11.7 Å². The molecule has 0 spiro atoms. The molecule has 2 aromatic rings. The van der Waals surface area contributed by atoms with Gasteiger partial charge in [-0.3, -0.25) is 0 Å². The molecule has 2 aliphatic rings. The van der Waals surface area contributed by atoms with Crippen molar-refractivity contribution < 1.29 is 9.84 Å². The van der Waals surface area contributed by atoms with E-state index < -0.39 is 0 Å². The molecule has 0 aliphatic carbocycles. The first-order valence-corrected chi connectivity index (χ1v) is 8.65. The zero-order valence-corrected chi connectivity index (χ0v) is 14.4. The Morgan fingerprint density at radius 1 is 1.17 bits per heavy atom. The number of fused-ring (bicyclic) bond motifs is 2. The molecular weight excluding hydrogens is 324 g/mol. The Morgan fingerprint density at radius 3 is 2.83 bits per heavy atom. The highest BCUT2D eigenvalue weighted by atomic mass is 35.5. The van der Waals surface area contributed by atoms with E-state index in [1.807, 2.05) is 24.3 Å². The van der Waals surface area contributed by atoms with Crippen LogP contribution in [0.1, 0.15) is 28.2 Å². The number of likely N-dealkylation sites (N-methyl/N-ethyl adjacent to an activating group) is 1. The van der Waals surface area contributed by atoms with E-state index in [9.17, 15) is 5.11 Å². The number of nitrogen functional groups attached to an aromatic ring is 1. The van der Waals surface area contributed by atoms with Crippen LogP contribution >= 0.6 is 11.6 Å². The minimum atomic E-state index is 0.103. The van der Waals surface area contributed by atoms with Crippen LogP contribution in [0.5, 0.6) is 11.5 Å². The highest BCUT2D eigenvalue weighted by Gasteiger charge is 2.29. The molecule has 1 atom stereocenters. The van der Waals surface area contributed by atoms with Crippen LogP contribution in [0.15, 0.2) is 24.3 Å². The van der Waals surface area contributed by atoms with Crippen LogP contribution in [-0.4, -0.2) is 36.8 Å². The van der Waals surface area contributed by atoms with Crippen molar-refractivity contribution in [3.05, 3.63) is 51.5 Å². The zero-order chi connectivity index (χ0) is 16.8. The van der Waals surface area contributed by atoms with Crippen molar-refractivity contribution in [2.75, 3.05) is 32.5 Å². The fraction of sp³-hybridized carbons (Fsp3) is 0.368. The highest BCUT2D eigenvalue weighted by molar-refractivity contribution is 6.32. The van der Waals surface area contributed by atoms with Crippen molar-refractivity contribution >= 4 is 17.3 Å². The van der Waals surface area contributed by atoms with Gasteiger partial charge in [-0.25, -0.2) is 0 Å². The van der Waals surface area contributed by atoms with Crippen LogP contribution in [0.3, 0.4) is 0 Å². The van der Waals surface area contributed by atoms with Gasteiger partial charge in [0.2, 0.25) is 0 Å². The summed E-state index contributed by atoms with van der Waals surface area (Å²) in [5.41, 5.74) is 11.5. The van der Waals surface area contributed by atoms with Crippen molar-refractivity contribution in [3.63, 3.8) is 0 Å². The highest BCUT2D eigenvalue weighted by Crippen LogP contribution is 2.43. The van der Waals surface area contributed by atoms with E-state index in [4.69, 9.17) is 22.1 Å². The molecule has 0 radical (unpaired) electrons. The summed E-state index contributed by atoms with van der Waals surface area (Å²) in [5, 5.41) is 10.6. The fourth-order valence-corrected chi connectivity index (χ4v) is 4.05. The maximum absolute atomic E-state index is 10.1. The first-order chi connectivity index (χ1) is 11.5. The molecule has 0 saturated heterocycles. The summed E-state index contributed by atoms with van der Waals surface area (Å²) in [6.07, 6.45) is 1.81. The van der Waals surface area contributed by atoms with Crippen LogP contribution in [0.25, 0.3) is 0 Å². The van der Waals surface area contributed by atoms with Crippen molar-refractivity contribution in [2.24, 2.45) is 0 Å². The molecule has 2 aliphatic heterocycles. The van der Waals surface area contributed by atoms with E-state index in [1.54, 1.807) is 0 Å². The molecular formula is C19H21ClN2O2. The summed E-state index contributed by atoms with van der Waals surface area (Å²) < 4.78 is 5.92. The number of halogens is 1. The normalized spacial score (nSPS) is 20.2. The minimum Gasteiger partial charge on any atom is -0.506 e. The van der Waals surface area contributed by atoms with Gasteiger partial charge in [0, 0.05) is 36.7 Å². The molecule has 0 bridgehead atoms. The van der Waals surface area contributed by atoms with Crippen molar-refractivity contribution in [3.8, 4) is 11.5 Å². The third kappa shape index (κ3) is 2.60. The third-order valence-corrected chi connectivity index (χ3v) is 5.35. The van der Waals surface area contributed by atoms with Gasteiger partial charge in [-0.15, -0.1) is 0 Å². The van der Waals surface area contributed by atoms with Gasteiger partial charge < -0.3 is 20.5 Å². The Kier molecular flexibility index (Phi) is 3.82. The number of hydrogen-bond acceptors (Lipinski definition) is 4. The van der Waals surface area contributed by atoms with Gasteiger partial charge in [-0.05, 0) is 54.4 Å². The monoisotopic (exact) mass is 344 g/mol. The van der Waals surface area contributed by atoms with Crippen LogP contribution in [0.2, 0.25) is 5.02 Å². The van der Waals surface area contributed by atoms with Gasteiger partial charge in [0.25, 0.3) is 0 Å². The zero-order valence-electron chi connectivity index (χ0n) is 13.7. The quantitative estimate of drug-likeness (QED) is 0.780. The lowest BCUT2D eigenvalue weighted by molar-refractivity contribution is 0.327. The molecule has 2 aromatic carbocycles. The molecule has 4 rings (SSSR count). The van der Waals surface area contributed by atoms with E-state index >= 15 is 0 Å². The smallest absolute Gasteiger partial charge is 0.134 e. The van der Waals surface area contributed by atoms with Gasteiger partial charge in [0.15, 0.2) is 0 Å². The molecule has 126 valence electrons. The first-order valence-electron chi connectivity index (χ1n) is 8.28. The number of benzene rings is 2. The minimum absolute atomic E-state index is 0.103. The lowest BCUT2D eigenvalue weighted by Gasteiger charge is -2.24. The summed E-state index contributed by atoms with van der Waals surface area (Å²) in [4.78, 5) is 2.31. The number of phenols is 1. The number of rotatable bonds is 1. The molecule has 2 heterocycles. The lowest BCUT2D eigenvalue weighted by Crippen LogP contribution is -2.24. The van der Waals surface area contributed by atoms with Crippen LogP contribution in [-0.2, 0) is 12.8 Å². The van der Waals surface area contributed by atoms with Gasteiger partial charge >= 0.3 is 0 Å². The predicted octanol–water partition coefficient (Wildman–Crippen LogP) is 3.18. The number of nitrogens with two attached hydrogens (primary N) is 1. The Bertz CT molecular complexity index is 806. The summed E-state index contributed by atoms with van der Waals surface area (Å²) in [6, 6.07) is 7.73. The summed E-state index contributed by atoms with van der Waals surface area (Å²) >= 11 is 6.14. The average Bonchev–Trinajstić information content (AvgIpc) is 2.95. The molecule has 0 aromatic heterocycles. The van der Waals surface area contributed by atoms with Gasteiger partial charge in [-0.2, -0.15) is 0 Å². The van der Waals surface area contributed by atoms with E-state index in [0.29, 0.717) is 11.6 Å². The standard InChI is InChI=1S/C19H21ClN2O2/c1-22-4-2-11-7-17(20)18(23)9-14(11)16(10-22)15-8-13(21)6-12-3-5-24-19(12)15/h6-9,16,23H,2-5,10,21H2,1H3.